The lowest BCUT2D eigenvalue weighted by Gasteiger charge is -2.19. The first-order valence-electron chi connectivity index (χ1n) is 8.58. The van der Waals surface area contributed by atoms with E-state index in [0.29, 0.717) is 20.9 Å². The van der Waals surface area contributed by atoms with Crippen molar-refractivity contribution >= 4 is 75.3 Å². The minimum atomic E-state index is -0.388. The number of aliphatic imine (C=N–C) groups is 1. The summed E-state index contributed by atoms with van der Waals surface area (Å²) in [7, 11) is 0. The van der Waals surface area contributed by atoms with Crippen LogP contribution in [-0.2, 0) is 9.59 Å². The quantitative estimate of drug-likeness (QED) is 0.492. The average Bonchev–Trinajstić information content (AvgIpc) is 3.03. The van der Waals surface area contributed by atoms with Gasteiger partial charge in [-0.1, -0.05) is 70.7 Å². The van der Waals surface area contributed by atoms with Gasteiger partial charge >= 0.3 is 0 Å². The van der Waals surface area contributed by atoms with Gasteiger partial charge in [0, 0.05) is 5.02 Å². The Hall–Kier alpha value is -2.43. The smallest absolute Gasteiger partial charge is 0.283 e. The van der Waals surface area contributed by atoms with Gasteiger partial charge in [0.05, 0.1) is 28.0 Å². The van der Waals surface area contributed by atoms with E-state index in [1.54, 1.807) is 48.5 Å². The second-order valence-corrected chi connectivity index (χ2v) is 8.12. The number of hydrogen-bond acceptors (Lipinski definition) is 4. The van der Waals surface area contributed by atoms with E-state index in [2.05, 4.69) is 16.2 Å². The van der Waals surface area contributed by atoms with Crippen LogP contribution in [0.4, 0.5) is 5.69 Å². The fourth-order valence-electron chi connectivity index (χ4n) is 2.52. The van der Waals surface area contributed by atoms with E-state index in [1.165, 1.54) is 4.90 Å². The molecule has 0 aromatic heterocycles. The zero-order valence-corrected chi connectivity index (χ0v) is 18.4. The van der Waals surface area contributed by atoms with Crippen LogP contribution in [0.5, 0.6) is 0 Å². The van der Waals surface area contributed by atoms with Gasteiger partial charge in [0.1, 0.15) is 5.70 Å². The zero-order chi connectivity index (χ0) is 21.7. The van der Waals surface area contributed by atoms with Gasteiger partial charge in [0.15, 0.2) is 5.17 Å². The van der Waals surface area contributed by atoms with Gasteiger partial charge in [-0.15, -0.1) is 6.42 Å². The number of nitrogens with zero attached hydrogens (tertiary/aromatic N) is 2. The third kappa shape index (κ3) is 5.18. The number of benzene rings is 2. The number of amides is 2. The number of rotatable bonds is 5. The van der Waals surface area contributed by atoms with Crippen molar-refractivity contribution in [3.05, 3.63) is 68.8 Å². The summed E-state index contributed by atoms with van der Waals surface area (Å²) in [4.78, 5) is 30.9. The van der Waals surface area contributed by atoms with Gasteiger partial charge in [-0.2, -0.15) is 0 Å². The highest BCUT2D eigenvalue weighted by molar-refractivity contribution is 8.14. The van der Waals surface area contributed by atoms with E-state index in [4.69, 9.17) is 41.2 Å². The SMILES string of the molecule is C#CCNC(=O)CSC1=N/C(=C\c2ccc(Cl)cc2)C(=O)N1c1cccc(Cl)c1Cl. The van der Waals surface area contributed by atoms with Gasteiger partial charge < -0.3 is 5.32 Å². The molecule has 0 fully saturated rings. The highest BCUT2D eigenvalue weighted by Gasteiger charge is 2.34. The van der Waals surface area contributed by atoms with Gasteiger partial charge in [-0.25, -0.2) is 4.99 Å². The maximum Gasteiger partial charge on any atom is 0.283 e. The molecule has 0 atom stereocenters. The number of carbonyl (C=O) groups is 2. The molecule has 1 aliphatic rings. The summed E-state index contributed by atoms with van der Waals surface area (Å²) in [5, 5.41) is 3.97. The summed E-state index contributed by atoms with van der Waals surface area (Å²) in [5.41, 5.74) is 1.32. The summed E-state index contributed by atoms with van der Waals surface area (Å²) in [6.45, 7) is 0.121. The van der Waals surface area contributed by atoms with E-state index >= 15 is 0 Å². The van der Waals surface area contributed by atoms with E-state index < -0.39 is 0 Å². The molecule has 9 heteroatoms. The number of carbonyl (C=O) groups excluding carboxylic acids is 2. The molecule has 0 saturated heterocycles. The summed E-state index contributed by atoms with van der Waals surface area (Å²) < 4.78 is 0. The fraction of sp³-hybridized carbons (Fsp3) is 0.0952. The fourth-order valence-corrected chi connectivity index (χ4v) is 3.86. The second kappa shape index (κ2) is 10.1. The van der Waals surface area contributed by atoms with Gasteiger partial charge in [0.2, 0.25) is 5.91 Å². The molecule has 152 valence electrons. The standard InChI is InChI=1S/C21H14Cl3N3O2S/c1-2-10-25-18(28)12-30-21-26-16(11-13-6-8-14(22)9-7-13)20(29)27(21)17-5-3-4-15(23)19(17)24/h1,3-9,11H,10,12H2,(H,25,28)/b16-11-. The van der Waals surface area contributed by atoms with Crippen molar-refractivity contribution in [2.75, 3.05) is 17.2 Å². The Balaban J connectivity index is 1.94. The van der Waals surface area contributed by atoms with Gasteiger partial charge in [-0.3, -0.25) is 14.5 Å². The third-order valence-electron chi connectivity index (χ3n) is 3.90. The average molecular weight is 479 g/mol. The molecule has 30 heavy (non-hydrogen) atoms. The Bertz CT molecular complexity index is 1090. The number of terminal acetylenes is 1. The lowest BCUT2D eigenvalue weighted by Crippen LogP contribution is -2.32. The largest absolute Gasteiger partial charge is 0.344 e. The van der Waals surface area contributed by atoms with Crippen LogP contribution in [0.2, 0.25) is 15.1 Å². The van der Waals surface area contributed by atoms with Crippen molar-refractivity contribution in [2.45, 2.75) is 0 Å². The lowest BCUT2D eigenvalue weighted by atomic mass is 10.2. The van der Waals surface area contributed by atoms with Crippen molar-refractivity contribution in [2.24, 2.45) is 4.99 Å². The first-order chi connectivity index (χ1) is 14.4. The van der Waals surface area contributed by atoms with Crippen molar-refractivity contribution in [3.63, 3.8) is 0 Å². The molecule has 1 aliphatic heterocycles. The normalized spacial score (nSPS) is 14.6. The van der Waals surface area contributed by atoms with Gasteiger partial charge in [0.25, 0.3) is 5.91 Å². The molecule has 0 unspecified atom stereocenters. The number of nitrogens with one attached hydrogen (secondary N) is 1. The number of thioether (sulfide) groups is 1. The highest BCUT2D eigenvalue weighted by Crippen LogP contribution is 2.37. The molecular weight excluding hydrogens is 465 g/mol. The summed E-state index contributed by atoms with van der Waals surface area (Å²) in [6, 6.07) is 11.9. The Morgan fingerprint density at radius 3 is 2.63 bits per heavy atom. The van der Waals surface area contributed by atoms with Crippen LogP contribution < -0.4 is 10.2 Å². The predicted molar refractivity (Wildman–Crippen MR) is 125 cm³/mol. The highest BCUT2D eigenvalue weighted by atomic mass is 35.5. The number of amidine groups is 1. The van der Waals surface area contributed by atoms with Crippen molar-refractivity contribution in [1.82, 2.24) is 5.32 Å². The maximum absolute atomic E-state index is 13.1. The molecule has 1 N–H and O–H groups in total. The predicted octanol–water partition coefficient (Wildman–Crippen LogP) is 4.87. The van der Waals surface area contributed by atoms with Crippen molar-refractivity contribution in [1.29, 1.82) is 0 Å². The van der Waals surface area contributed by atoms with Crippen LogP contribution in [0.1, 0.15) is 5.56 Å². The first-order valence-corrected chi connectivity index (χ1v) is 10.7. The maximum atomic E-state index is 13.1. The number of halogens is 3. The van der Waals surface area contributed by atoms with Crippen LogP contribution in [-0.4, -0.2) is 29.3 Å². The van der Waals surface area contributed by atoms with Crippen LogP contribution >= 0.6 is 46.6 Å². The minimum absolute atomic E-state index is 0.0245. The minimum Gasteiger partial charge on any atom is -0.344 e. The molecule has 2 aromatic carbocycles. The third-order valence-corrected chi connectivity index (χ3v) is 5.89. The zero-order valence-electron chi connectivity index (χ0n) is 15.4. The van der Waals surface area contributed by atoms with E-state index in [1.807, 2.05) is 0 Å². The summed E-state index contributed by atoms with van der Waals surface area (Å²) >= 11 is 19.5. The molecule has 2 aromatic rings. The van der Waals surface area contributed by atoms with E-state index in [0.717, 1.165) is 17.3 Å². The first kappa shape index (κ1) is 22.3. The Morgan fingerprint density at radius 1 is 1.20 bits per heavy atom. The van der Waals surface area contributed by atoms with Crippen LogP contribution in [0.15, 0.2) is 53.2 Å². The van der Waals surface area contributed by atoms with E-state index in [-0.39, 0.29) is 34.8 Å². The monoisotopic (exact) mass is 477 g/mol. The lowest BCUT2D eigenvalue weighted by molar-refractivity contribution is -0.118. The Labute approximate surface area is 193 Å². The second-order valence-electron chi connectivity index (χ2n) is 5.96. The molecule has 0 radical (unpaired) electrons. The molecule has 2 amide bonds. The molecule has 0 aliphatic carbocycles. The summed E-state index contributed by atoms with van der Waals surface area (Å²) in [5.74, 6) is 1.69. The molecule has 3 rings (SSSR count). The topological polar surface area (TPSA) is 61.8 Å². The van der Waals surface area contributed by atoms with Crippen molar-refractivity contribution in [3.8, 4) is 12.3 Å². The molecule has 0 spiro atoms. The number of hydrogen-bond donors (Lipinski definition) is 1. The number of anilines is 1. The summed E-state index contributed by atoms with van der Waals surface area (Å²) in [6.07, 6.45) is 6.79. The van der Waals surface area contributed by atoms with Crippen LogP contribution in [0.3, 0.4) is 0 Å². The Morgan fingerprint density at radius 2 is 1.93 bits per heavy atom. The molecule has 0 saturated carbocycles. The van der Waals surface area contributed by atoms with Crippen LogP contribution in [0, 0.1) is 12.3 Å². The van der Waals surface area contributed by atoms with Crippen LogP contribution in [0.25, 0.3) is 6.08 Å². The molecule has 5 nitrogen and oxygen atoms in total. The van der Waals surface area contributed by atoms with Gasteiger partial charge in [-0.05, 0) is 35.9 Å². The molecular formula is C21H14Cl3N3O2S. The molecule has 0 bridgehead atoms. The Kier molecular flexibility index (Phi) is 7.46. The van der Waals surface area contributed by atoms with E-state index in [9.17, 15) is 9.59 Å². The van der Waals surface area contributed by atoms with Crippen molar-refractivity contribution < 1.29 is 9.59 Å². The molecule has 1 heterocycles.